The van der Waals surface area contributed by atoms with Gasteiger partial charge >= 0.3 is 0 Å². The largest absolute Gasteiger partial charge is 0.461 e. The summed E-state index contributed by atoms with van der Waals surface area (Å²) in [5.41, 5.74) is 1.59. The highest BCUT2D eigenvalue weighted by Gasteiger charge is 2.16. The molecule has 0 radical (unpaired) electrons. The average Bonchev–Trinajstić information content (AvgIpc) is 3.19. The third-order valence-corrected chi connectivity index (χ3v) is 3.92. The molecule has 3 heterocycles. The first-order valence-electron chi connectivity index (χ1n) is 6.28. The molecule has 0 aliphatic heterocycles. The molecule has 3 aromatic heterocycles. The van der Waals surface area contributed by atoms with E-state index in [2.05, 4.69) is 15.2 Å². The zero-order chi connectivity index (χ0) is 14.2. The number of oxazole rings is 1. The molecular formula is C14H10N4O2S. The predicted octanol–water partition coefficient (Wildman–Crippen LogP) is 3.37. The lowest BCUT2D eigenvalue weighted by molar-refractivity contribution is 0.488. The molecule has 0 bridgehead atoms. The van der Waals surface area contributed by atoms with Crippen molar-refractivity contribution in [2.24, 2.45) is 7.05 Å². The van der Waals surface area contributed by atoms with Crippen LogP contribution in [0.15, 0.2) is 61.9 Å². The molecule has 4 aromatic rings. The summed E-state index contributed by atoms with van der Waals surface area (Å²) in [5.74, 6) is 1.34. The van der Waals surface area contributed by atoms with Crippen LogP contribution in [0.4, 0.5) is 0 Å². The number of hydrogen-bond acceptors (Lipinski definition) is 6. The summed E-state index contributed by atoms with van der Waals surface area (Å²) in [7, 11) is 1.88. The van der Waals surface area contributed by atoms with Crippen LogP contribution in [0.5, 0.6) is 0 Å². The number of fused-ring (bicyclic) bond motifs is 1. The fourth-order valence-corrected chi connectivity index (χ4v) is 2.73. The van der Waals surface area contributed by atoms with Gasteiger partial charge in [-0.1, -0.05) is 12.1 Å². The molecule has 4 rings (SSSR count). The first-order valence-corrected chi connectivity index (χ1v) is 7.09. The molecule has 6 nitrogen and oxygen atoms in total. The molecule has 21 heavy (non-hydrogen) atoms. The van der Waals surface area contributed by atoms with Crippen LogP contribution in [0, 0.1) is 0 Å². The third-order valence-electron chi connectivity index (χ3n) is 3.03. The molecule has 0 saturated heterocycles. The number of aromatic nitrogens is 4. The van der Waals surface area contributed by atoms with Crippen molar-refractivity contribution in [3.8, 4) is 11.6 Å². The van der Waals surface area contributed by atoms with Crippen molar-refractivity contribution in [2.75, 3.05) is 0 Å². The van der Waals surface area contributed by atoms with E-state index in [0.29, 0.717) is 22.0 Å². The fraction of sp³-hybridized carbons (Fsp3) is 0.0714. The van der Waals surface area contributed by atoms with Gasteiger partial charge < -0.3 is 13.4 Å². The van der Waals surface area contributed by atoms with Gasteiger partial charge in [-0.3, -0.25) is 0 Å². The van der Waals surface area contributed by atoms with Crippen molar-refractivity contribution in [3.63, 3.8) is 0 Å². The molecule has 0 unspecified atom stereocenters. The summed E-state index contributed by atoms with van der Waals surface area (Å²) in [4.78, 5) is 4.41. The lowest BCUT2D eigenvalue weighted by atomic mass is 10.3. The van der Waals surface area contributed by atoms with Crippen molar-refractivity contribution < 1.29 is 8.83 Å². The smallest absolute Gasteiger partial charge is 0.264 e. The van der Waals surface area contributed by atoms with Crippen molar-refractivity contribution in [1.29, 1.82) is 0 Å². The van der Waals surface area contributed by atoms with Crippen molar-refractivity contribution in [1.82, 2.24) is 19.7 Å². The van der Waals surface area contributed by atoms with E-state index in [1.165, 1.54) is 11.8 Å². The second kappa shape index (κ2) is 4.78. The zero-order valence-electron chi connectivity index (χ0n) is 11.1. The molecule has 0 atom stereocenters. The standard InChI is InChI=1S/C14H10N4O2S/c1-18-12(11-7-4-8-19-11)16-17-13(18)21-14-15-9-5-2-3-6-10(9)20-14/h2-8H,1H3. The molecule has 104 valence electrons. The van der Waals surface area contributed by atoms with E-state index >= 15 is 0 Å². The van der Waals surface area contributed by atoms with E-state index in [9.17, 15) is 0 Å². The Hall–Kier alpha value is -2.54. The van der Waals surface area contributed by atoms with Crippen LogP contribution < -0.4 is 0 Å². The van der Waals surface area contributed by atoms with E-state index in [-0.39, 0.29) is 0 Å². The Bertz CT molecular complexity index is 862. The summed E-state index contributed by atoms with van der Waals surface area (Å²) in [5, 5.41) is 9.52. The Morgan fingerprint density at radius 1 is 1.10 bits per heavy atom. The first kappa shape index (κ1) is 12.2. The Morgan fingerprint density at radius 2 is 2.00 bits per heavy atom. The average molecular weight is 298 g/mol. The second-order valence-corrected chi connectivity index (χ2v) is 5.31. The zero-order valence-corrected chi connectivity index (χ0v) is 11.9. The van der Waals surface area contributed by atoms with Crippen LogP contribution in [0.2, 0.25) is 0 Å². The van der Waals surface area contributed by atoms with E-state index < -0.39 is 0 Å². The summed E-state index contributed by atoms with van der Waals surface area (Å²) in [6.45, 7) is 0. The number of para-hydroxylation sites is 2. The summed E-state index contributed by atoms with van der Waals surface area (Å²) < 4.78 is 12.9. The minimum Gasteiger partial charge on any atom is -0.461 e. The molecule has 0 aliphatic rings. The van der Waals surface area contributed by atoms with Crippen molar-refractivity contribution >= 4 is 22.9 Å². The molecular weight excluding hydrogens is 288 g/mol. The van der Waals surface area contributed by atoms with Gasteiger partial charge in [0.1, 0.15) is 5.52 Å². The molecule has 0 N–H and O–H groups in total. The molecule has 0 fully saturated rings. The maximum absolute atomic E-state index is 5.67. The molecule has 0 spiro atoms. The number of hydrogen-bond donors (Lipinski definition) is 0. The Kier molecular flexibility index (Phi) is 2.78. The van der Waals surface area contributed by atoms with Gasteiger partial charge in [0.05, 0.1) is 6.26 Å². The molecule has 0 aliphatic carbocycles. The summed E-state index contributed by atoms with van der Waals surface area (Å²) in [6, 6.07) is 11.3. The highest BCUT2D eigenvalue weighted by atomic mass is 32.2. The van der Waals surface area contributed by atoms with Crippen molar-refractivity contribution in [3.05, 3.63) is 42.7 Å². The van der Waals surface area contributed by atoms with Gasteiger partial charge in [0.2, 0.25) is 5.16 Å². The van der Waals surface area contributed by atoms with E-state index in [4.69, 9.17) is 8.83 Å². The molecule has 7 heteroatoms. The highest BCUT2D eigenvalue weighted by Crippen LogP contribution is 2.30. The van der Waals surface area contributed by atoms with Gasteiger partial charge in [0.15, 0.2) is 17.2 Å². The van der Waals surface area contributed by atoms with Crippen LogP contribution in [-0.4, -0.2) is 19.7 Å². The topological polar surface area (TPSA) is 69.9 Å². The van der Waals surface area contributed by atoms with Crippen LogP contribution in [0.3, 0.4) is 0 Å². The van der Waals surface area contributed by atoms with Crippen LogP contribution in [0.1, 0.15) is 0 Å². The fourth-order valence-electron chi connectivity index (χ4n) is 2.00. The van der Waals surface area contributed by atoms with E-state index in [0.717, 1.165) is 11.1 Å². The molecule has 0 saturated carbocycles. The Balaban J connectivity index is 1.68. The van der Waals surface area contributed by atoms with Crippen LogP contribution in [-0.2, 0) is 7.05 Å². The monoisotopic (exact) mass is 298 g/mol. The number of furan rings is 1. The van der Waals surface area contributed by atoms with Crippen LogP contribution in [0.25, 0.3) is 22.7 Å². The number of rotatable bonds is 3. The quantitative estimate of drug-likeness (QED) is 0.577. The van der Waals surface area contributed by atoms with Gasteiger partial charge in [-0.2, -0.15) is 0 Å². The summed E-state index contributed by atoms with van der Waals surface area (Å²) in [6.07, 6.45) is 1.61. The van der Waals surface area contributed by atoms with Gasteiger partial charge in [-0.05, 0) is 24.3 Å². The lowest BCUT2D eigenvalue weighted by Gasteiger charge is -1.98. The van der Waals surface area contributed by atoms with E-state index in [1.54, 1.807) is 6.26 Å². The minimum absolute atomic E-state index is 0.540. The van der Waals surface area contributed by atoms with Gasteiger partial charge in [-0.15, -0.1) is 10.2 Å². The van der Waals surface area contributed by atoms with Crippen molar-refractivity contribution in [2.45, 2.75) is 10.4 Å². The van der Waals surface area contributed by atoms with Gasteiger partial charge in [0, 0.05) is 18.8 Å². The first-order chi connectivity index (χ1) is 10.3. The van der Waals surface area contributed by atoms with Gasteiger partial charge in [0.25, 0.3) is 5.22 Å². The minimum atomic E-state index is 0.540. The lowest BCUT2D eigenvalue weighted by Crippen LogP contribution is -1.93. The number of nitrogens with zero attached hydrogens (tertiary/aromatic N) is 4. The predicted molar refractivity (Wildman–Crippen MR) is 76.8 cm³/mol. The number of benzene rings is 1. The maximum Gasteiger partial charge on any atom is 0.264 e. The highest BCUT2D eigenvalue weighted by molar-refractivity contribution is 7.99. The Labute approximate surface area is 123 Å². The SMILES string of the molecule is Cn1c(Sc2nc3ccccc3o2)nnc1-c1ccco1. The summed E-state index contributed by atoms with van der Waals surface area (Å²) >= 11 is 1.33. The van der Waals surface area contributed by atoms with Crippen LogP contribution >= 0.6 is 11.8 Å². The van der Waals surface area contributed by atoms with Gasteiger partial charge in [-0.25, -0.2) is 4.98 Å². The Morgan fingerprint density at radius 3 is 2.81 bits per heavy atom. The maximum atomic E-state index is 5.67. The molecule has 1 aromatic carbocycles. The normalized spacial score (nSPS) is 11.3. The second-order valence-electron chi connectivity index (χ2n) is 4.39. The van der Waals surface area contributed by atoms with E-state index in [1.807, 2.05) is 48.0 Å². The third kappa shape index (κ3) is 2.11. The molecule has 0 amide bonds.